The molecule has 0 saturated heterocycles. The Bertz CT molecular complexity index is 962. The van der Waals surface area contributed by atoms with E-state index in [4.69, 9.17) is 32.7 Å². The molecule has 0 radical (unpaired) electrons. The van der Waals surface area contributed by atoms with Crippen LogP contribution >= 0.6 is 35.6 Å². The molecule has 0 N–H and O–H groups in total. The van der Waals surface area contributed by atoms with Gasteiger partial charge in [-0.2, -0.15) is 0 Å². The van der Waals surface area contributed by atoms with Crippen molar-refractivity contribution in [2.75, 3.05) is 6.79 Å². The third-order valence-electron chi connectivity index (χ3n) is 3.80. The van der Waals surface area contributed by atoms with Crippen LogP contribution in [0.5, 0.6) is 11.5 Å². The summed E-state index contributed by atoms with van der Waals surface area (Å²) >= 11 is 12.0. The normalized spacial score (nSPS) is 12.3. The van der Waals surface area contributed by atoms with Gasteiger partial charge in [0.25, 0.3) is 0 Å². The van der Waals surface area contributed by atoms with Crippen LogP contribution in [-0.4, -0.2) is 11.8 Å². The molecule has 124 valence electrons. The van der Waals surface area contributed by atoms with Gasteiger partial charge in [0.05, 0.1) is 21.3 Å². The highest BCUT2D eigenvalue weighted by molar-refractivity contribution is 6.36. The van der Waals surface area contributed by atoms with Gasteiger partial charge in [-0.3, -0.25) is 0 Å². The van der Waals surface area contributed by atoms with Crippen molar-refractivity contribution in [1.82, 2.24) is 4.98 Å². The van der Waals surface area contributed by atoms with Crippen LogP contribution in [0.25, 0.3) is 22.2 Å². The number of benzene rings is 2. The summed E-state index contributed by atoms with van der Waals surface area (Å²) in [4.78, 5) is 4.59. The van der Waals surface area contributed by atoms with E-state index in [2.05, 4.69) is 4.98 Å². The summed E-state index contributed by atoms with van der Waals surface area (Å²) in [6.45, 7) is 2.15. The number of aryl methyl sites for hydroxylation is 1. The molecule has 7 heteroatoms. The van der Waals surface area contributed by atoms with Crippen molar-refractivity contribution in [2.45, 2.75) is 6.92 Å². The van der Waals surface area contributed by atoms with Crippen LogP contribution in [0.4, 0.5) is 4.39 Å². The zero-order valence-electron chi connectivity index (χ0n) is 12.4. The lowest BCUT2D eigenvalue weighted by atomic mass is 10.0. The molecule has 0 spiro atoms. The van der Waals surface area contributed by atoms with Gasteiger partial charge in [-0.25, -0.2) is 9.37 Å². The Labute approximate surface area is 153 Å². The van der Waals surface area contributed by atoms with Gasteiger partial charge in [-0.1, -0.05) is 23.2 Å². The van der Waals surface area contributed by atoms with Crippen LogP contribution in [-0.2, 0) is 0 Å². The van der Waals surface area contributed by atoms with Gasteiger partial charge in [0.15, 0.2) is 11.5 Å². The smallest absolute Gasteiger partial charge is 0.231 e. The van der Waals surface area contributed by atoms with Crippen molar-refractivity contribution in [3.8, 4) is 22.8 Å². The van der Waals surface area contributed by atoms with E-state index < -0.39 is 5.82 Å². The number of pyridine rings is 1. The van der Waals surface area contributed by atoms with Crippen LogP contribution in [0.2, 0.25) is 10.0 Å². The lowest BCUT2D eigenvalue weighted by Crippen LogP contribution is -1.92. The number of hydrogen-bond donors (Lipinski definition) is 0. The molecule has 1 aliphatic rings. The molecule has 0 unspecified atom stereocenters. The molecule has 1 aliphatic heterocycles. The zero-order chi connectivity index (χ0) is 16.1. The van der Waals surface area contributed by atoms with Gasteiger partial charge >= 0.3 is 0 Å². The molecular formula is C17H11Cl3FNO2. The molecule has 24 heavy (non-hydrogen) atoms. The van der Waals surface area contributed by atoms with Gasteiger partial charge in [-0.05, 0) is 36.8 Å². The molecule has 2 heterocycles. The molecular weight excluding hydrogens is 376 g/mol. The largest absolute Gasteiger partial charge is 0.454 e. The first-order chi connectivity index (χ1) is 11.0. The van der Waals surface area contributed by atoms with E-state index in [0.717, 1.165) is 16.5 Å². The Morgan fingerprint density at radius 3 is 2.46 bits per heavy atom. The average Bonchev–Trinajstić information content (AvgIpc) is 2.96. The van der Waals surface area contributed by atoms with Crippen molar-refractivity contribution in [3.63, 3.8) is 0 Å². The van der Waals surface area contributed by atoms with Crippen LogP contribution in [0.1, 0.15) is 5.56 Å². The fourth-order valence-corrected chi connectivity index (χ4v) is 3.12. The number of aromatic nitrogens is 1. The van der Waals surface area contributed by atoms with Gasteiger partial charge in [0.1, 0.15) is 5.82 Å². The minimum absolute atomic E-state index is 0. The summed E-state index contributed by atoms with van der Waals surface area (Å²) in [6.07, 6.45) is 0. The van der Waals surface area contributed by atoms with E-state index >= 15 is 0 Å². The summed E-state index contributed by atoms with van der Waals surface area (Å²) in [6, 6.07) is 8.25. The van der Waals surface area contributed by atoms with E-state index in [-0.39, 0.29) is 24.2 Å². The fourth-order valence-electron chi connectivity index (χ4n) is 2.64. The molecule has 3 aromatic rings. The minimum Gasteiger partial charge on any atom is -0.454 e. The standard InChI is InChI=1S/C17H10Cl2FNO2.ClH/c1-8-2-14(10-3-13(20)12(19)5-11(10)18)21-15-6-17-16(4-9(8)15)22-7-23-17;/h2-6H,7H2,1H3;1H. The number of hydrogen-bond acceptors (Lipinski definition) is 3. The summed E-state index contributed by atoms with van der Waals surface area (Å²) in [5.41, 5.74) is 2.79. The van der Waals surface area contributed by atoms with Crippen molar-refractivity contribution in [2.24, 2.45) is 0 Å². The molecule has 0 saturated carbocycles. The summed E-state index contributed by atoms with van der Waals surface area (Å²) in [5.74, 6) is 0.817. The summed E-state index contributed by atoms with van der Waals surface area (Å²) in [7, 11) is 0. The monoisotopic (exact) mass is 385 g/mol. The summed E-state index contributed by atoms with van der Waals surface area (Å²) in [5, 5.41) is 1.28. The number of rotatable bonds is 1. The molecule has 3 nitrogen and oxygen atoms in total. The number of nitrogens with zero attached hydrogens (tertiary/aromatic N) is 1. The molecule has 0 amide bonds. The highest BCUT2D eigenvalue weighted by Crippen LogP contribution is 2.38. The maximum atomic E-state index is 13.8. The average molecular weight is 387 g/mol. The Morgan fingerprint density at radius 1 is 1.00 bits per heavy atom. The second-order valence-electron chi connectivity index (χ2n) is 5.29. The van der Waals surface area contributed by atoms with Gasteiger partial charge < -0.3 is 9.47 Å². The van der Waals surface area contributed by atoms with Crippen LogP contribution in [0.3, 0.4) is 0 Å². The molecule has 2 aromatic carbocycles. The second kappa shape index (κ2) is 6.28. The first kappa shape index (κ1) is 17.1. The topological polar surface area (TPSA) is 31.4 Å². The fraction of sp³-hybridized carbons (Fsp3) is 0.118. The second-order valence-corrected chi connectivity index (χ2v) is 6.11. The lowest BCUT2D eigenvalue weighted by Gasteiger charge is -2.10. The Kier molecular flexibility index (Phi) is 4.47. The Balaban J connectivity index is 0.00000169. The van der Waals surface area contributed by atoms with Crippen molar-refractivity contribution < 1.29 is 13.9 Å². The Hall–Kier alpha value is -1.75. The van der Waals surface area contributed by atoms with Crippen LogP contribution < -0.4 is 9.47 Å². The lowest BCUT2D eigenvalue weighted by molar-refractivity contribution is 0.174. The first-order valence-corrected chi connectivity index (χ1v) is 7.64. The van der Waals surface area contributed by atoms with Crippen molar-refractivity contribution in [1.29, 1.82) is 0 Å². The molecule has 4 rings (SSSR count). The van der Waals surface area contributed by atoms with Gasteiger partial charge in [0, 0.05) is 17.0 Å². The number of ether oxygens (including phenoxy) is 2. The molecule has 0 bridgehead atoms. The number of halogens is 4. The molecule has 1 aromatic heterocycles. The quantitative estimate of drug-likeness (QED) is 0.495. The minimum atomic E-state index is -0.531. The molecule has 0 atom stereocenters. The van der Waals surface area contributed by atoms with E-state index in [1.54, 1.807) is 0 Å². The van der Waals surface area contributed by atoms with E-state index in [1.807, 2.05) is 25.1 Å². The van der Waals surface area contributed by atoms with Crippen LogP contribution in [0, 0.1) is 12.7 Å². The predicted octanol–water partition coefficient (Wildman–Crippen LogP) is 5.81. The summed E-state index contributed by atoms with van der Waals surface area (Å²) < 4.78 is 24.6. The van der Waals surface area contributed by atoms with Crippen LogP contribution in [0.15, 0.2) is 30.3 Å². The van der Waals surface area contributed by atoms with Crippen molar-refractivity contribution >= 4 is 46.5 Å². The maximum absolute atomic E-state index is 13.8. The maximum Gasteiger partial charge on any atom is 0.231 e. The highest BCUT2D eigenvalue weighted by Gasteiger charge is 2.17. The van der Waals surface area contributed by atoms with Gasteiger partial charge in [-0.15, -0.1) is 12.4 Å². The zero-order valence-corrected chi connectivity index (χ0v) is 14.7. The number of fused-ring (bicyclic) bond motifs is 2. The SMILES string of the molecule is Cc1cc(-c2cc(F)c(Cl)cc2Cl)nc2cc3c(cc12)OCO3.Cl. The molecule has 0 aliphatic carbocycles. The predicted molar refractivity (Wildman–Crippen MR) is 95.3 cm³/mol. The highest BCUT2D eigenvalue weighted by atomic mass is 35.5. The van der Waals surface area contributed by atoms with Gasteiger partial charge in [0.2, 0.25) is 6.79 Å². The third-order valence-corrected chi connectivity index (χ3v) is 4.40. The van der Waals surface area contributed by atoms with E-state index in [1.165, 1.54) is 12.1 Å². The van der Waals surface area contributed by atoms with Crippen molar-refractivity contribution in [3.05, 3.63) is 51.8 Å². The third kappa shape index (κ3) is 2.75. The van der Waals surface area contributed by atoms with E-state index in [0.29, 0.717) is 27.8 Å². The first-order valence-electron chi connectivity index (χ1n) is 6.89. The van der Waals surface area contributed by atoms with E-state index in [9.17, 15) is 4.39 Å². The molecule has 0 fully saturated rings. The Morgan fingerprint density at radius 2 is 1.71 bits per heavy atom.